The van der Waals surface area contributed by atoms with Gasteiger partial charge in [0.1, 0.15) is 6.07 Å². The molecule has 0 radical (unpaired) electrons. The smallest absolute Gasteiger partial charge is 0.269 e. The van der Waals surface area contributed by atoms with E-state index in [1.165, 1.54) is 12.1 Å². The largest absolute Gasteiger partial charge is 0.384 e. The third kappa shape index (κ3) is 3.94. The zero-order valence-corrected chi connectivity index (χ0v) is 11.8. The van der Waals surface area contributed by atoms with Gasteiger partial charge in [0.05, 0.1) is 16.2 Å². The lowest BCUT2D eigenvalue weighted by molar-refractivity contribution is -0.384. The average molecular weight is 302 g/mol. The van der Waals surface area contributed by atoms with Crippen LogP contribution in [0.25, 0.3) is 0 Å². The summed E-state index contributed by atoms with van der Waals surface area (Å²) in [7, 11) is 0. The predicted octanol–water partition coefficient (Wildman–Crippen LogP) is 3.77. The van der Waals surface area contributed by atoms with E-state index in [1.54, 1.807) is 30.3 Å². The first-order valence-corrected chi connectivity index (χ1v) is 6.65. The molecule has 0 aliphatic heterocycles. The first-order valence-electron chi connectivity index (χ1n) is 6.27. The van der Waals surface area contributed by atoms with Crippen molar-refractivity contribution in [2.45, 2.75) is 6.42 Å². The highest BCUT2D eigenvalue weighted by Crippen LogP contribution is 2.20. The summed E-state index contributed by atoms with van der Waals surface area (Å²) in [5.74, 6) is 0. The molecule has 1 N–H and O–H groups in total. The molecular formula is C15H12ClN3O2. The van der Waals surface area contributed by atoms with E-state index in [4.69, 9.17) is 16.9 Å². The molecule has 2 aromatic carbocycles. The van der Waals surface area contributed by atoms with Crippen molar-refractivity contribution in [3.8, 4) is 6.07 Å². The molecular weight excluding hydrogens is 290 g/mol. The molecule has 21 heavy (non-hydrogen) atoms. The molecule has 106 valence electrons. The minimum atomic E-state index is -0.423. The van der Waals surface area contributed by atoms with Crippen LogP contribution in [0.4, 0.5) is 11.4 Å². The normalized spacial score (nSPS) is 9.90. The Bertz CT molecular complexity index is 693. The highest BCUT2D eigenvalue weighted by atomic mass is 35.5. The number of nitro groups is 1. The molecule has 2 rings (SSSR count). The topological polar surface area (TPSA) is 79.0 Å². The van der Waals surface area contributed by atoms with E-state index in [0.29, 0.717) is 29.2 Å². The second kappa shape index (κ2) is 6.73. The maximum atomic E-state index is 10.6. The summed E-state index contributed by atoms with van der Waals surface area (Å²) in [6.07, 6.45) is 0.690. The van der Waals surface area contributed by atoms with E-state index in [1.807, 2.05) is 0 Å². The van der Waals surface area contributed by atoms with E-state index < -0.39 is 4.92 Å². The number of hydrogen-bond donors (Lipinski definition) is 1. The van der Waals surface area contributed by atoms with Crippen LogP contribution < -0.4 is 5.32 Å². The Morgan fingerprint density at radius 3 is 2.57 bits per heavy atom. The molecule has 0 heterocycles. The van der Waals surface area contributed by atoms with Gasteiger partial charge in [-0.15, -0.1) is 0 Å². The number of halogens is 1. The zero-order valence-electron chi connectivity index (χ0n) is 11.0. The molecule has 0 spiro atoms. The van der Waals surface area contributed by atoms with E-state index in [9.17, 15) is 10.1 Å². The Hall–Kier alpha value is -2.58. The highest BCUT2D eigenvalue weighted by Gasteiger charge is 2.05. The molecule has 5 nitrogen and oxygen atoms in total. The second-order valence-corrected chi connectivity index (χ2v) is 4.84. The molecule has 0 unspecified atom stereocenters. The summed E-state index contributed by atoms with van der Waals surface area (Å²) in [6, 6.07) is 13.5. The van der Waals surface area contributed by atoms with Crippen LogP contribution in [-0.4, -0.2) is 11.5 Å². The van der Waals surface area contributed by atoms with Crippen LogP contribution >= 0.6 is 11.6 Å². The number of nitro benzene ring substituents is 1. The van der Waals surface area contributed by atoms with E-state index in [2.05, 4.69) is 11.4 Å². The Kier molecular flexibility index (Phi) is 4.75. The van der Waals surface area contributed by atoms with Gasteiger partial charge in [-0.05, 0) is 30.2 Å². The van der Waals surface area contributed by atoms with E-state index in [-0.39, 0.29) is 5.69 Å². The predicted molar refractivity (Wildman–Crippen MR) is 81.5 cm³/mol. The summed E-state index contributed by atoms with van der Waals surface area (Å²) in [4.78, 5) is 10.1. The summed E-state index contributed by atoms with van der Waals surface area (Å²) >= 11 is 5.90. The number of nitrogens with one attached hydrogen (secondary N) is 1. The molecule has 0 aromatic heterocycles. The molecule has 0 bridgehead atoms. The fourth-order valence-corrected chi connectivity index (χ4v) is 2.06. The van der Waals surface area contributed by atoms with Crippen LogP contribution in [0.1, 0.15) is 11.1 Å². The number of non-ortho nitro benzene ring substituents is 1. The third-order valence-electron chi connectivity index (χ3n) is 2.98. The van der Waals surface area contributed by atoms with Gasteiger partial charge in [-0.3, -0.25) is 10.1 Å². The molecule has 0 saturated heterocycles. The molecule has 0 aliphatic carbocycles. The van der Waals surface area contributed by atoms with Crippen molar-refractivity contribution >= 4 is 23.0 Å². The van der Waals surface area contributed by atoms with E-state index in [0.717, 1.165) is 5.56 Å². The van der Waals surface area contributed by atoms with Crippen LogP contribution in [0.2, 0.25) is 5.02 Å². The molecule has 0 saturated carbocycles. The molecule has 0 amide bonds. The standard InChI is InChI=1S/C15H12ClN3O2/c16-13-4-3-12(10-17)15(9-13)18-8-7-11-1-5-14(6-2-11)19(20)21/h1-6,9,18H,7-8H2. The Labute approximate surface area is 126 Å². The lowest BCUT2D eigenvalue weighted by Gasteiger charge is -2.08. The fraction of sp³-hybridized carbons (Fsp3) is 0.133. The molecule has 0 fully saturated rings. The highest BCUT2D eigenvalue weighted by molar-refractivity contribution is 6.30. The van der Waals surface area contributed by atoms with Gasteiger partial charge in [0.25, 0.3) is 5.69 Å². The van der Waals surface area contributed by atoms with Crippen molar-refractivity contribution in [2.75, 3.05) is 11.9 Å². The molecule has 0 aliphatic rings. The van der Waals surface area contributed by atoms with Gasteiger partial charge in [-0.1, -0.05) is 23.7 Å². The number of benzene rings is 2. The van der Waals surface area contributed by atoms with Crippen LogP contribution in [0.3, 0.4) is 0 Å². The van der Waals surface area contributed by atoms with Crippen molar-refractivity contribution in [1.29, 1.82) is 5.26 Å². The molecule has 0 atom stereocenters. The van der Waals surface area contributed by atoms with Gasteiger partial charge < -0.3 is 5.32 Å². The Morgan fingerprint density at radius 2 is 1.95 bits per heavy atom. The lowest BCUT2D eigenvalue weighted by Crippen LogP contribution is -2.06. The van der Waals surface area contributed by atoms with Gasteiger partial charge in [0.15, 0.2) is 0 Å². The molecule has 6 heteroatoms. The van der Waals surface area contributed by atoms with Crippen LogP contribution in [0.5, 0.6) is 0 Å². The fourth-order valence-electron chi connectivity index (χ4n) is 1.89. The summed E-state index contributed by atoms with van der Waals surface area (Å²) in [5, 5.41) is 23.3. The minimum absolute atomic E-state index is 0.0771. The first-order chi connectivity index (χ1) is 10.1. The van der Waals surface area contributed by atoms with E-state index >= 15 is 0 Å². The number of nitriles is 1. The quantitative estimate of drug-likeness (QED) is 0.673. The lowest BCUT2D eigenvalue weighted by atomic mass is 10.1. The Balaban J connectivity index is 1.97. The number of nitrogens with zero attached hydrogens (tertiary/aromatic N) is 2. The first kappa shape index (κ1) is 14.8. The maximum absolute atomic E-state index is 10.6. The number of anilines is 1. The summed E-state index contributed by atoms with van der Waals surface area (Å²) in [6.45, 7) is 0.604. The van der Waals surface area contributed by atoms with Crippen molar-refractivity contribution in [1.82, 2.24) is 0 Å². The van der Waals surface area contributed by atoms with Crippen molar-refractivity contribution in [3.05, 3.63) is 68.7 Å². The monoisotopic (exact) mass is 301 g/mol. The van der Waals surface area contributed by atoms with Crippen LogP contribution in [0.15, 0.2) is 42.5 Å². The third-order valence-corrected chi connectivity index (χ3v) is 3.21. The summed E-state index contributed by atoms with van der Waals surface area (Å²) < 4.78 is 0. The maximum Gasteiger partial charge on any atom is 0.269 e. The van der Waals surface area contributed by atoms with Gasteiger partial charge in [-0.25, -0.2) is 0 Å². The summed E-state index contributed by atoms with van der Waals surface area (Å²) in [5.41, 5.74) is 2.27. The second-order valence-electron chi connectivity index (χ2n) is 4.40. The van der Waals surface area contributed by atoms with Crippen LogP contribution in [-0.2, 0) is 6.42 Å². The van der Waals surface area contributed by atoms with Gasteiger partial charge in [0, 0.05) is 23.7 Å². The van der Waals surface area contributed by atoms with Crippen molar-refractivity contribution in [3.63, 3.8) is 0 Å². The SMILES string of the molecule is N#Cc1ccc(Cl)cc1NCCc1ccc([N+](=O)[O-])cc1. The van der Waals surface area contributed by atoms with Crippen LogP contribution in [0, 0.1) is 21.4 Å². The number of hydrogen-bond acceptors (Lipinski definition) is 4. The van der Waals surface area contributed by atoms with Gasteiger partial charge in [0.2, 0.25) is 0 Å². The number of rotatable bonds is 5. The Morgan fingerprint density at radius 1 is 1.24 bits per heavy atom. The average Bonchev–Trinajstić information content (AvgIpc) is 2.48. The van der Waals surface area contributed by atoms with Crippen molar-refractivity contribution < 1.29 is 4.92 Å². The van der Waals surface area contributed by atoms with Crippen molar-refractivity contribution in [2.24, 2.45) is 0 Å². The molecule has 2 aromatic rings. The van der Waals surface area contributed by atoms with Gasteiger partial charge >= 0.3 is 0 Å². The van der Waals surface area contributed by atoms with Gasteiger partial charge in [-0.2, -0.15) is 5.26 Å². The zero-order chi connectivity index (χ0) is 15.2. The minimum Gasteiger partial charge on any atom is -0.384 e.